The fourth-order valence-electron chi connectivity index (χ4n) is 2.79. The van der Waals surface area contributed by atoms with Crippen LogP contribution >= 0.6 is 0 Å². The summed E-state index contributed by atoms with van der Waals surface area (Å²) >= 11 is 0. The third-order valence-corrected chi connectivity index (χ3v) is 4.27. The molecule has 0 fully saturated rings. The minimum Gasteiger partial charge on any atom is -0.374 e. The minimum atomic E-state index is -0.395. The minimum absolute atomic E-state index is 0.167. The smallest absolute Gasteiger partial charge is 0.262 e. The Kier molecular flexibility index (Phi) is 5.64. The maximum atomic E-state index is 12.4. The van der Waals surface area contributed by atoms with Crippen molar-refractivity contribution >= 4 is 28.1 Å². The van der Waals surface area contributed by atoms with Crippen molar-refractivity contribution in [1.82, 2.24) is 5.43 Å². The number of fused-ring (bicyclic) bond motifs is 1. The molecule has 1 amide bonds. The van der Waals surface area contributed by atoms with Crippen LogP contribution < -0.4 is 10.7 Å². The summed E-state index contributed by atoms with van der Waals surface area (Å²) in [6, 6.07) is 23.7. The lowest BCUT2D eigenvalue weighted by molar-refractivity contribution is -0.121. The lowest BCUT2D eigenvalue weighted by Gasteiger charge is -2.14. The molecule has 0 radical (unpaired) electrons. The monoisotopic (exact) mass is 345 g/mol. The van der Waals surface area contributed by atoms with Crippen LogP contribution in [0.4, 0.5) is 5.69 Å². The Morgan fingerprint density at radius 3 is 2.38 bits per heavy atom. The summed E-state index contributed by atoms with van der Waals surface area (Å²) in [5.41, 5.74) is 5.46. The van der Waals surface area contributed by atoms with Gasteiger partial charge in [-0.15, -0.1) is 0 Å². The molecule has 0 bridgehead atoms. The molecule has 1 atom stereocenters. The van der Waals surface area contributed by atoms with Crippen LogP contribution in [0.3, 0.4) is 0 Å². The fourth-order valence-corrected chi connectivity index (χ4v) is 2.79. The van der Waals surface area contributed by atoms with Crippen molar-refractivity contribution < 1.29 is 4.79 Å². The van der Waals surface area contributed by atoms with Crippen molar-refractivity contribution in [2.75, 3.05) is 5.32 Å². The van der Waals surface area contributed by atoms with Crippen molar-refractivity contribution in [3.05, 3.63) is 78.4 Å². The van der Waals surface area contributed by atoms with Gasteiger partial charge in [0, 0.05) is 5.69 Å². The molecule has 0 aliphatic heterocycles. The number of benzene rings is 3. The first-order valence-electron chi connectivity index (χ1n) is 8.84. The zero-order chi connectivity index (χ0) is 18.4. The maximum absolute atomic E-state index is 12.4. The molecule has 3 rings (SSSR count). The first-order valence-corrected chi connectivity index (χ1v) is 8.84. The number of nitrogens with zero attached hydrogens (tertiary/aromatic N) is 1. The molecule has 3 aromatic carbocycles. The van der Waals surface area contributed by atoms with E-state index in [1.54, 1.807) is 0 Å². The van der Waals surface area contributed by atoms with Crippen LogP contribution in [0.15, 0.2) is 77.9 Å². The lowest BCUT2D eigenvalue weighted by atomic mass is 10.1. The normalized spacial score (nSPS) is 12.6. The van der Waals surface area contributed by atoms with E-state index in [1.807, 2.05) is 74.5 Å². The molecule has 0 saturated carbocycles. The molecule has 4 nitrogen and oxygen atoms in total. The van der Waals surface area contributed by atoms with Gasteiger partial charge in [0.1, 0.15) is 6.04 Å². The van der Waals surface area contributed by atoms with Gasteiger partial charge in [-0.25, -0.2) is 5.43 Å². The number of hydrogen-bond donors (Lipinski definition) is 2. The van der Waals surface area contributed by atoms with Crippen molar-refractivity contribution in [3.63, 3.8) is 0 Å². The fraction of sp³-hybridized carbons (Fsp3) is 0.182. The molecule has 2 N–H and O–H groups in total. The predicted octanol–water partition coefficient (Wildman–Crippen LogP) is 4.57. The van der Waals surface area contributed by atoms with E-state index in [9.17, 15) is 4.79 Å². The van der Waals surface area contributed by atoms with E-state index in [1.165, 1.54) is 5.39 Å². The molecule has 132 valence electrons. The van der Waals surface area contributed by atoms with E-state index < -0.39 is 6.04 Å². The predicted molar refractivity (Wildman–Crippen MR) is 108 cm³/mol. The lowest BCUT2D eigenvalue weighted by Crippen LogP contribution is -2.35. The van der Waals surface area contributed by atoms with Gasteiger partial charge in [0.05, 0.1) is 5.71 Å². The van der Waals surface area contributed by atoms with Crippen molar-refractivity contribution in [1.29, 1.82) is 0 Å². The summed E-state index contributed by atoms with van der Waals surface area (Å²) in [7, 11) is 0. The van der Waals surface area contributed by atoms with Gasteiger partial charge in [0.2, 0.25) is 0 Å². The average Bonchev–Trinajstić information content (AvgIpc) is 2.69. The van der Waals surface area contributed by atoms with Crippen molar-refractivity contribution in [2.24, 2.45) is 5.10 Å². The van der Waals surface area contributed by atoms with Crippen LogP contribution in [-0.4, -0.2) is 17.7 Å². The summed E-state index contributed by atoms with van der Waals surface area (Å²) in [6.07, 6.45) is 0.747. The van der Waals surface area contributed by atoms with Crippen LogP contribution in [0.1, 0.15) is 25.8 Å². The van der Waals surface area contributed by atoms with Crippen LogP contribution in [-0.2, 0) is 4.79 Å². The number of anilines is 1. The number of carbonyl (C=O) groups excluding carboxylic acids is 1. The van der Waals surface area contributed by atoms with Gasteiger partial charge in [-0.3, -0.25) is 4.79 Å². The van der Waals surface area contributed by atoms with Gasteiger partial charge >= 0.3 is 0 Å². The highest BCUT2D eigenvalue weighted by molar-refractivity contribution is 6.01. The molecule has 1 unspecified atom stereocenters. The number of rotatable bonds is 6. The molecule has 26 heavy (non-hydrogen) atoms. The molecular formula is C22H23N3O. The van der Waals surface area contributed by atoms with E-state index in [4.69, 9.17) is 0 Å². The topological polar surface area (TPSA) is 53.5 Å². The second kappa shape index (κ2) is 8.30. The molecule has 0 aliphatic rings. The highest BCUT2D eigenvalue weighted by Gasteiger charge is 2.12. The highest BCUT2D eigenvalue weighted by atomic mass is 16.2. The largest absolute Gasteiger partial charge is 0.374 e. The first-order chi connectivity index (χ1) is 12.7. The first kappa shape index (κ1) is 17.7. The third-order valence-electron chi connectivity index (χ3n) is 4.27. The Balaban J connectivity index is 1.66. The zero-order valence-corrected chi connectivity index (χ0v) is 15.1. The second-order valence-corrected chi connectivity index (χ2v) is 6.18. The SMILES string of the molecule is CC/C(=N\NC(=O)C(C)Nc1ccc2ccccc2c1)c1ccccc1. The van der Waals surface area contributed by atoms with Crippen molar-refractivity contribution in [3.8, 4) is 0 Å². The Morgan fingerprint density at radius 2 is 1.65 bits per heavy atom. The molecule has 3 aromatic rings. The summed E-state index contributed by atoms with van der Waals surface area (Å²) < 4.78 is 0. The Hall–Kier alpha value is -3.14. The number of nitrogens with one attached hydrogen (secondary N) is 2. The van der Waals surface area contributed by atoms with E-state index in [2.05, 4.69) is 28.0 Å². The number of amides is 1. The molecule has 0 aromatic heterocycles. The van der Waals surface area contributed by atoms with Gasteiger partial charge in [0.15, 0.2) is 0 Å². The molecule has 0 heterocycles. The molecule has 4 heteroatoms. The summed E-state index contributed by atoms with van der Waals surface area (Å²) in [5, 5.41) is 9.85. The van der Waals surface area contributed by atoms with E-state index in [0.717, 1.165) is 28.8 Å². The number of hydrogen-bond acceptors (Lipinski definition) is 3. The molecule has 0 aliphatic carbocycles. The Labute approximate surface area is 153 Å². The second-order valence-electron chi connectivity index (χ2n) is 6.18. The van der Waals surface area contributed by atoms with Gasteiger partial charge in [-0.2, -0.15) is 5.10 Å². The Morgan fingerprint density at radius 1 is 0.962 bits per heavy atom. The third kappa shape index (κ3) is 4.28. The highest BCUT2D eigenvalue weighted by Crippen LogP contribution is 2.19. The standard InChI is InChI=1S/C22H23N3O/c1-3-21(18-10-5-4-6-11-18)24-25-22(26)16(2)23-20-14-13-17-9-7-8-12-19(17)15-20/h4-16,23H,3H2,1-2H3,(H,25,26)/b24-21+. The van der Waals surface area contributed by atoms with Crippen molar-refractivity contribution in [2.45, 2.75) is 26.3 Å². The van der Waals surface area contributed by atoms with Gasteiger partial charge in [-0.1, -0.05) is 67.6 Å². The number of carbonyl (C=O) groups is 1. The molecule has 0 spiro atoms. The van der Waals surface area contributed by atoms with Crippen LogP contribution in [0, 0.1) is 0 Å². The quantitative estimate of drug-likeness (QED) is 0.508. The molecular weight excluding hydrogens is 322 g/mol. The Bertz CT molecular complexity index is 919. The average molecular weight is 345 g/mol. The van der Waals surface area contributed by atoms with Gasteiger partial charge in [-0.05, 0) is 41.8 Å². The summed E-state index contributed by atoms with van der Waals surface area (Å²) in [5.74, 6) is -0.167. The van der Waals surface area contributed by atoms with Crippen LogP contribution in [0.2, 0.25) is 0 Å². The van der Waals surface area contributed by atoms with Gasteiger partial charge in [0.25, 0.3) is 5.91 Å². The van der Waals surface area contributed by atoms with Crippen LogP contribution in [0.5, 0.6) is 0 Å². The van der Waals surface area contributed by atoms with E-state index >= 15 is 0 Å². The summed E-state index contributed by atoms with van der Waals surface area (Å²) in [4.78, 5) is 12.4. The van der Waals surface area contributed by atoms with Gasteiger partial charge < -0.3 is 5.32 Å². The number of hydrazone groups is 1. The zero-order valence-electron chi connectivity index (χ0n) is 15.1. The van der Waals surface area contributed by atoms with E-state index in [-0.39, 0.29) is 5.91 Å². The summed E-state index contributed by atoms with van der Waals surface area (Å²) in [6.45, 7) is 3.85. The van der Waals surface area contributed by atoms with E-state index in [0.29, 0.717) is 0 Å². The van der Waals surface area contributed by atoms with Crippen LogP contribution in [0.25, 0.3) is 10.8 Å². The maximum Gasteiger partial charge on any atom is 0.262 e. The molecule has 0 saturated heterocycles.